The Balaban J connectivity index is 3.98. The Hall–Kier alpha value is -0.180. The summed E-state index contributed by atoms with van der Waals surface area (Å²) in [5.41, 5.74) is 0. The van der Waals surface area contributed by atoms with Crippen LogP contribution in [0.15, 0.2) is 0 Å². The van der Waals surface area contributed by atoms with E-state index in [-0.39, 0.29) is 12.1 Å². The van der Waals surface area contributed by atoms with Crippen molar-refractivity contribution in [2.24, 2.45) is 0 Å². The van der Waals surface area contributed by atoms with Gasteiger partial charge in [-0.25, -0.2) is 4.90 Å². The van der Waals surface area contributed by atoms with Crippen molar-refractivity contribution in [1.29, 1.82) is 0 Å². The predicted molar refractivity (Wildman–Crippen MR) is 38.1 cm³/mol. The molecule has 10 heavy (non-hydrogen) atoms. The highest BCUT2D eigenvalue weighted by atomic mass is 19.3. The van der Waals surface area contributed by atoms with Crippen molar-refractivity contribution in [3.8, 4) is 0 Å². The van der Waals surface area contributed by atoms with Gasteiger partial charge in [-0.15, -0.1) is 0 Å². The first kappa shape index (κ1) is 9.82. The fourth-order valence-electron chi connectivity index (χ4n) is 1.05. The monoisotopic (exact) mass is 151 g/mol. The minimum absolute atomic E-state index is 0.0833. The van der Waals surface area contributed by atoms with Gasteiger partial charge in [0.25, 0.3) is 6.55 Å². The van der Waals surface area contributed by atoms with Gasteiger partial charge in [-0.3, -0.25) is 0 Å². The van der Waals surface area contributed by atoms with Crippen LogP contribution in [-0.2, 0) is 0 Å². The van der Waals surface area contributed by atoms with E-state index in [1.165, 1.54) is 4.90 Å². The van der Waals surface area contributed by atoms with Gasteiger partial charge in [-0.05, 0) is 27.7 Å². The number of nitrogens with zero attached hydrogens (tertiary/aromatic N) is 1. The van der Waals surface area contributed by atoms with Gasteiger partial charge in [0, 0.05) is 12.1 Å². The first-order chi connectivity index (χ1) is 4.46. The van der Waals surface area contributed by atoms with Gasteiger partial charge in [0.2, 0.25) is 0 Å². The Kier molecular flexibility index (Phi) is 3.79. The van der Waals surface area contributed by atoms with Gasteiger partial charge in [0.05, 0.1) is 0 Å². The Morgan fingerprint density at radius 3 is 1.20 bits per heavy atom. The van der Waals surface area contributed by atoms with Crippen LogP contribution in [0.2, 0.25) is 0 Å². The highest BCUT2D eigenvalue weighted by molar-refractivity contribution is 4.64. The summed E-state index contributed by atoms with van der Waals surface area (Å²) >= 11 is 0. The van der Waals surface area contributed by atoms with Crippen molar-refractivity contribution in [3.05, 3.63) is 0 Å². The van der Waals surface area contributed by atoms with Crippen LogP contribution in [0.5, 0.6) is 0 Å². The molecule has 0 aliphatic carbocycles. The molecular formula is C7H15F2N. The molecule has 0 fully saturated rings. The molecule has 0 rings (SSSR count). The van der Waals surface area contributed by atoms with Crippen molar-refractivity contribution in [1.82, 2.24) is 4.90 Å². The molecule has 0 atom stereocenters. The van der Waals surface area contributed by atoms with E-state index in [0.29, 0.717) is 0 Å². The lowest BCUT2D eigenvalue weighted by molar-refractivity contribution is -0.0645. The third kappa shape index (κ3) is 2.60. The normalized spacial score (nSPS) is 12.6. The van der Waals surface area contributed by atoms with Crippen LogP contribution < -0.4 is 0 Å². The fraction of sp³-hybridized carbons (Fsp3) is 1.00. The zero-order chi connectivity index (χ0) is 8.31. The van der Waals surface area contributed by atoms with E-state index in [1.807, 2.05) is 0 Å². The summed E-state index contributed by atoms with van der Waals surface area (Å²) in [6, 6.07) is -0.167. The standard InChI is InChI=1S/C7H15F2N/c1-5(2)10(6(3)4)7(8)9/h5-7H,1-4H3. The zero-order valence-electron chi connectivity index (χ0n) is 6.94. The van der Waals surface area contributed by atoms with Gasteiger partial charge >= 0.3 is 0 Å². The van der Waals surface area contributed by atoms with Crippen molar-refractivity contribution < 1.29 is 8.78 Å². The smallest absolute Gasteiger partial charge is 0.242 e. The van der Waals surface area contributed by atoms with Crippen LogP contribution in [0.4, 0.5) is 8.78 Å². The van der Waals surface area contributed by atoms with Crippen LogP contribution in [0, 0.1) is 0 Å². The van der Waals surface area contributed by atoms with Gasteiger partial charge in [-0.1, -0.05) is 0 Å². The summed E-state index contributed by atoms with van der Waals surface area (Å²) in [6.07, 6.45) is 0. The molecule has 0 saturated carbocycles. The molecule has 3 heteroatoms. The molecule has 0 aromatic carbocycles. The molecule has 0 unspecified atom stereocenters. The van der Waals surface area contributed by atoms with Crippen LogP contribution in [0.25, 0.3) is 0 Å². The van der Waals surface area contributed by atoms with Crippen molar-refractivity contribution in [2.45, 2.75) is 46.3 Å². The summed E-state index contributed by atoms with van der Waals surface area (Å²) in [4.78, 5) is 1.17. The lowest BCUT2D eigenvalue weighted by Gasteiger charge is -2.28. The maximum absolute atomic E-state index is 12.1. The highest BCUT2D eigenvalue weighted by Crippen LogP contribution is 2.11. The summed E-state index contributed by atoms with van der Waals surface area (Å²) in [5.74, 6) is 0. The van der Waals surface area contributed by atoms with Crippen LogP contribution in [0.1, 0.15) is 27.7 Å². The second-order valence-electron chi connectivity index (χ2n) is 2.91. The highest BCUT2D eigenvalue weighted by Gasteiger charge is 2.21. The summed E-state index contributed by atoms with van der Waals surface area (Å²) in [6.45, 7) is 4.75. The predicted octanol–water partition coefficient (Wildman–Crippen LogP) is 2.33. The van der Waals surface area contributed by atoms with Gasteiger partial charge in [0.15, 0.2) is 0 Å². The lowest BCUT2D eigenvalue weighted by Crippen LogP contribution is -2.40. The molecule has 0 heterocycles. The summed E-state index contributed by atoms with van der Waals surface area (Å²) in [5, 5.41) is 0. The third-order valence-corrected chi connectivity index (χ3v) is 1.42. The average molecular weight is 151 g/mol. The molecule has 0 radical (unpaired) electrons. The van der Waals surface area contributed by atoms with E-state index in [4.69, 9.17) is 0 Å². The van der Waals surface area contributed by atoms with Gasteiger partial charge in [0.1, 0.15) is 0 Å². The molecule has 0 aromatic rings. The van der Waals surface area contributed by atoms with E-state index in [1.54, 1.807) is 27.7 Å². The minimum Gasteiger partial charge on any atom is -0.242 e. The molecule has 0 saturated heterocycles. The Morgan fingerprint density at radius 2 is 1.20 bits per heavy atom. The van der Waals surface area contributed by atoms with Crippen molar-refractivity contribution >= 4 is 0 Å². The quantitative estimate of drug-likeness (QED) is 0.559. The molecule has 62 valence electrons. The largest absolute Gasteiger partial charge is 0.295 e. The second kappa shape index (κ2) is 3.86. The maximum Gasteiger partial charge on any atom is 0.295 e. The summed E-state index contributed by atoms with van der Waals surface area (Å²) < 4.78 is 24.3. The number of alkyl halides is 2. The molecule has 0 spiro atoms. The zero-order valence-corrected chi connectivity index (χ0v) is 6.94. The molecule has 0 aliphatic heterocycles. The van der Waals surface area contributed by atoms with Gasteiger partial charge < -0.3 is 0 Å². The van der Waals surface area contributed by atoms with E-state index >= 15 is 0 Å². The number of hydrogen-bond acceptors (Lipinski definition) is 1. The topological polar surface area (TPSA) is 3.24 Å². The summed E-state index contributed by atoms with van der Waals surface area (Å²) in [7, 11) is 0. The SMILES string of the molecule is CC(C)N(C(C)C)C(F)F. The third-order valence-electron chi connectivity index (χ3n) is 1.42. The number of halogens is 2. The molecule has 0 N–H and O–H groups in total. The average Bonchev–Trinajstić information content (AvgIpc) is 1.59. The molecule has 0 bridgehead atoms. The van der Waals surface area contributed by atoms with Crippen LogP contribution in [-0.4, -0.2) is 23.5 Å². The minimum atomic E-state index is -2.33. The fourth-order valence-corrected chi connectivity index (χ4v) is 1.05. The maximum atomic E-state index is 12.1. The number of rotatable bonds is 3. The molecule has 0 aliphatic rings. The van der Waals surface area contributed by atoms with Crippen LogP contribution >= 0.6 is 0 Å². The second-order valence-corrected chi connectivity index (χ2v) is 2.91. The Morgan fingerprint density at radius 1 is 0.900 bits per heavy atom. The van der Waals surface area contributed by atoms with E-state index in [2.05, 4.69) is 0 Å². The molecule has 0 aromatic heterocycles. The Labute approximate surface area is 61.0 Å². The van der Waals surface area contributed by atoms with Gasteiger partial charge in [-0.2, -0.15) is 8.78 Å². The molecule has 1 nitrogen and oxygen atoms in total. The number of hydrogen-bond donors (Lipinski definition) is 0. The van der Waals surface area contributed by atoms with E-state index in [9.17, 15) is 8.78 Å². The van der Waals surface area contributed by atoms with Crippen molar-refractivity contribution in [3.63, 3.8) is 0 Å². The van der Waals surface area contributed by atoms with Crippen molar-refractivity contribution in [2.75, 3.05) is 0 Å². The first-order valence-corrected chi connectivity index (χ1v) is 3.52. The van der Waals surface area contributed by atoms with E-state index < -0.39 is 6.55 Å². The molecule has 0 amide bonds. The first-order valence-electron chi connectivity index (χ1n) is 3.52. The Bertz CT molecular complexity index is 72.6. The lowest BCUT2D eigenvalue weighted by atomic mass is 10.2. The molecular weight excluding hydrogens is 136 g/mol. The van der Waals surface area contributed by atoms with Crippen LogP contribution in [0.3, 0.4) is 0 Å². The van der Waals surface area contributed by atoms with E-state index in [0.717, 1.165) is 0 Å².